The molecule has 0 amide bonds. The number of ether oxygens (including phenoxy) is 10. The van der Waals surface area contributed by atoms with E-state index in [2.05, 4.69) is 46.8 Å². The highest BCUT2D eigenvalue weighted by Gasteiger charge is 2.29. The lowest BCUT2D eigenvalue weighted by atomic mass is 9.72. The highest BCUT2D eigenvalue weighted by atomic mass is 16.6. The Morgan fingerprint density at radius 1 is 0.444 bits per heavy atom. The maximum atomic E-state index is 8.59. The van der Waals surface area contributed by atoms with Gasteiger partial charge in [-0.05, 0) is 28.9 Å². The fourth-order valence-electron chi connectivity index (χ4n) is 4.71. The van der Waals surface area contributed by atoms with Crippen LogP contribution in [0.2, 0.25) is 0 Å². The van der Waals surface area contributed by atoms with Gasteiger partial charge in [-0.25, -0.2) is 0 Å². The van der Waals surface area contributed by atoms with Crippen LogP contribution in [-0.4, -0.2) is 137 Å². The van der Waals surface area contributed by atoms with Crippen molar-refractivity contribution in [3.05, 3.63) is 29.8 Å². The molecule has 1 aromatic rings. The standard InChI is InChI=1S/C34H62O11/c1-33(2,3)30-34(4,5)31-8-6-7-9-32(31)45-29-28-44-27-26-43-25-24-42-23-22-41-21-20-40-19-18-39-17-16-38-15-14-37-13-12-36-11-10-35/h6-9,35H,10-30H2,1-5H3. The number of hydrogen-bond donors (Lipinski definition) is 1. The van der Waals surface area contributed by atoms with Gasteiger partial charge in [-0.3, -0.25) is 0 Å². The van der Waals surface area contributed by atoms with E-state index in [1.54, 1.807) is 0 Å². The summed E-state index contributed by atoms with van der Waals surface area (Å²) in [6.45, 7) is 20.9. The summed E-state index contributed by atoms with van der Waals surface area (Å²) in [5.41, 5.74) is 1.49. The number of benzene rings is 1. The SMILES string of the molecule is CC(C)(C)CC(C)(C)c1ccccc1OCCOCCOCCOCCOCCOCCOCCOCCOCCOCCO. The smallest absolute Gasteiger partial charge is 0.123 e. The summed E-state index contributed by atoms with van der Waals surface area (Å²) < 4.78 is 55.1. The maximum Gasteiger partial charge on any atom is 0.123 e. The normalized spacial score (nSPS) is 12.2. The van der Waals surface area contributed by atoms with Crippen LogP contribution in [0.1, 0.15) is 46.6 Å². The van der Waals surface area contributed by atoms with Crippen molar-refractivity contribution in [3.8, 4) is 5.75 Å². The molecule has 11 heteroatoms. The molecule has 1 N–H and O–H groups in total. The Kier molecular flexibility index (Phi) is 25.6. The number of aliphatic hydroxyl groups is 1. The molecule has 0 aliphatic carbocycles. The van der Waals surface area contributed by atoms with Gasteiger partial charge in [0.1, 0.15) is 12.4 Å². The molecule has 0 aliphatic heterocycles. The van der Waals surface area contributed by atoms with Crippen LogP contribution in [0.25, 0.3) is 0 Å². The van der Waals surface area contributed by atoms with Crippen LogP contribution in [0.3, 0.4) is 0 Å². The molecule has 1 aromatic carbocycles. The van der Waals surface area contributed by atoms with E-state index < -0.39 is 0 Å². The molecule has 0 aromatic heterocycles. The van der Waals surface area contributed by atoms with Gasteiger partial charge in [0.2, 0.25) is 0 Å². The Morgan fingerprint density at radius 3 is 1.09 bits per heavy atom. The monoisotopic (exact) mass is 646 g/mol. The molecule has 0 saturated heterocycles. The fourth-order valence-corrected chi connectivity index (χ4v) is 4.71. The summed E-state index contributed by atoms with van der Waals surface area (Å²) in [6.07, 6.45) is 1.07. The van der Waals surface area contributed by atoms with Crippen molar-refractivity contribution < 1.29 is 52.5 Å². The molecule has 1 rings (SSSR count). The van der Waals surface area contributed by atoms with Crippen molar-refractivity contribution in [1.82, 2.24) is 0 Å². The fraction of sp³-hybridized carbons (Fsp3) is 0.824. The van der Waals surface area contributed by atoms with E-state index in [-0.39, 0.29) is 17.4 Å². The summed E-state index contributed by atoms with van der Waals surface area (Å²) in [4.78, 5) is 0. The summed E-state index contributed by atoms with van der Waals surface area (Å²) in [5, 5.41) is 8.59. The molecule has 11 nitrogen and oxygen atoms in total. The molecule has 264 valence electrons. The Labute approximate surface area is 272 Å². The predicted octanol–water partition coefficient (Wildman–Crippen LogP) is 3.92. The summed E-state index contributed by atoms with van der Waals surface area (Å²) in [5.74, 6) is 0.931. The van der Waals surface area contributed by atoms with E-state index >= 15 is 0 Å². The zero-order valence-electron chi connectivity index (χ0n) is 28.7. The van der Waals surface area contributed by atoms with Gasteiger partial charge in [0.25, 0.3) is 0 Å². The number of rotatable bonds is 32. The molecule has 0 radical (unpaired) electrons. The van der Waals surface area contributed by atoms with Crippen LogP contribution < -0.4 is 4.74 Å². The highest BCUT2D eigenvalue weighted by molar-refractivity contribution is 5.39. The van der Waals surface area contributed by atoms with Gasteiger partial charge in [0.15, 0.2) is 0 Å². The first-order chi connectivity index (χ1) is 21.8. The molecule has 0 fully saturated rings. The second-order valence-electron chi connectivity index (χ2n) is 12.2. The summed E-state index contributed by atoms with van der Waals surface area (Å²) >= 11 is 0. The van der Waals surface area contributed by atoms with Crippen molar-refractivity contribution in [2.24, 2.45) is 5.41 Å². The first-order valence-corrected chi connectivity index (χ1v) is 16.3. The predicted molar refractivity (Wildman–Crippen MR) is 173 cm³/mol. The van der Waals surface area contributed by atoms with Crippen LogP contribution in [0.15, 0.2) is 24.3 Å². The van der Waals surface area contributed by atoms with Crippen molar-refractivity contribution in [3.63, 3.8) is 0 Å². The summed E-state index contributed by atoms with van der Waals surface area (Å²) in [6, 6.07) is 8.30. The molecule has 0 atom stereocenters. The zero-order valence-corrected chi connectivity index (χ0v) is 28.7. The second kappa shape index (κ2) is 27.7. The molecule has 0 aliphatic rings. The third-order valence-electron chi connectivity index (χ3n) is 6.29. The van der Waals surface area contributed by atoms with Crippen molar-refractivity contribution in [1.29, 1.82) is 0 Å². The molecular weight excluding hydrogens is 584 g/mol. The zero-order chi connectivity index (χ0) is 32.9. The van der Waals surface area contributed by atoms with E-state index in [4.69, 9.17) is 52.5 Å². The largest absolute Gasteiger partial charge is 0.491 e. The molecular formula is C34H62O11. The van der Waals surface area contributed by atoms with E-state index in [1.807, 2.05) is 12.1 Å². The lowest BCUT2D eigenvalue weighted by molar-refractivity contribution is -0.0258. The third-order valence-corrected chi connectivity index (χ3v) is 6.29. The molecule has 0 unspecified atom stereocenters. The van der Waals surface area contributed by atoms with Crippen molar-refractivity contribution in [2.75, 3.05) is 132 Å². The molecule has 0 saturated carbocycles. The van der Waals surface area contributed by atoms with Crippen LogP contribution in [-0.2, 0) is 48.0 Å². The van der Waals surface area contributed by atoms with Gasteiger partial charge in [0, 0.05) is 0 Å². The van der Waals surface area contributed by atoms with Crippen molar-refractivity contribution in [2.45, 2.75) is 46.5 Å². The average molecular weight is 647 g/mol. The number of para-hydroxylation sites is 1. The minimum absolute atomic E-state index is 0.0238. The lowest BCUT2D eigenvalue weighted by Gasteiger charge is -2.34. The van der Waals surface area contributed by atoms with Gasteiger partial charge in [-0.15, -0.1) is 0 Å². The Balaban J connectivity index is 1.81. The van der Waals surface area contributed by atoms with Gasteiger partial charge >= 0.3 is 0 Å². The lowest BCUT2D eigenvalue weighted by Crippen LogP contribution is -2.25. The topological polar surface area (TPSA) is 113 Å². The minimum atomic E-state index is 0.0238. The third kappa shape index (κ3) is 25.4. The Hall–Kier alpha value is -1.38. The average Bonchev–Trinajstić information content (AvgIpc) is 2.99. The van der Waals surface area contributed by atoms with Crippen LogP contribution in [0, 0.1) is 5.41 Å². The second-order valence-corrected chi connectivity index (χ2v) is 12.2. The first kappa shape index (κ1) is 41.6. The van der Waals surface area contributed by atoms with E-state index in [0.29, 0.717) is 126 Å². The highest BCUT2D eigenvalue weighted by Crippen LogP contribution is 2.40. The quantitative estimate of drug-likeness (QED) is 0.115. The Bertz CT molecular complexity index is 786. The van der Waals surface area contributed by atoms with Gasteiger partial charge < -0.3 is 52.5 Å². The van der Waals surface area contributed by atoms with E-state index in [9.17, 15) is 0 Å². The molecule has 0 heterocycles. The maximum absolute atomic E-state index is 8.59. The number of hydrogen-bond acceptors (Lipinski definition) is 11. The van der Waals surface area contributed by atoms with Gasteiger partial charge in [-0.2, -0.15) is 0 Å². The van der Waals surface area contributed by atoms with Crippen molar-refractivity contribution >= 4 is 0 Å². The number of aliphatic hydroxyl groups excluding tert-OH is 1. The van der Waals surface area contributed by atoms with E-state index in [0.717, 1.165) is 12.2 Å². The van der Waals surface area contributed by atoms with E-state index in [1.165, 1.54) is 5.56 Å². The van der Waals surface area contributed by atoms with Crippen LogP contribution >= 0.6 is 0 Å². The molecule has 0 spiro atoms. The van der Waals surface area contributed by atoms with Crippen LogP contribution in [0.5, 0.6) is 5.75 Å². The Morgan fingerprint density at radius 2 is 0.756 bits per heavy atom. The first-order valence-electron chi connectivity index (χ1n) is 16.3. The molecule has 45 heavy (non-hydrogen) atoms. The van der Waals surface area contributed by atoms with Gasteiger partial charge in [0.05, 0.1) is 126 Å². The summed E-state index contributed by atoms with van der Waals surface area (Å²) in [7, 11) is 0. The minimum Gasteiger partial charge on any atom is -0.491 e. The molecule has 0 bridgehead atoms. The van der Waals surface area contributed by atoms with Gasteiger partial charge in [-0.1, -0.05) is 52.8 Å². The van der Waals surface area contributed by atoms with Crippen LogP contribution in [0.4, 0.5) is 0 Å².